The molecular weight excluding hydrogens is 346 g/mol. The van der Waals surface area contributed by atoms with Crippen molar-refractivity contribution in [2.24, 2.45) is 0 Å². The van der Waals surface area contributed by atoms with Crippen molar-refractivity contribution in [1.82, 2.24) is 0 Å². The van der Waals surface area contributed by atoms with E-state index in [1.54, 1.807) is 6.92 Å². The van der Waals surface area contributed by atoms with Gasteiger partial charge in [0.25, 0.3) is 0 Å². The third kappa shape index (κ3) is 3.50. The van der Waals surface area contributed by atoms with E-state index in [9.17, 15) is 9.90 Å². The summed E-state index contributed by atoms with van der Waals surface area (Å²) in [5, 5.41) is 18.3. The number of hydrogen-bond acceptors (Lipinski definition) is 3. The second-order valence-corrected chi connectivity index (χ2v) is 5.50. The molecule has 1 aromatic rings. The van der Waals surface area contributed by atoms with Gasteiger partial charge in [-0.15, -0.1) is 0 Å². The molecule has 2 unspecified atom stereocenters. The molecule has 0 bridgehead atoms. The van der Waals surface area contributed by atoms with Crippen LogP contribution < -0.4 is 4.74 Å². The van der Waals surface area contributed by atoms with E-state index < -0.39 is 12.3 Å². The zero-order chi connectivity index (χ0) is 12.3. The Hall–Kier alpha value is -0.530. The lowest BCUT2D eigenvalue weighted by Gasteiger charge is -2.15. The molecule has 0 heterocycles. The topological polar surface area (TPSA) is 66.8 Å². The number of hydrogen-bond donors (Lipinski definition) is 2. The van der Waals surface area contributed by atoms with Crippen molar-refractivity contribution in [3.63, 3.8) is 0 Å². The van der Waals surface area contributed by atoms with Crippen LogP contribution in [0.15, 0.2) is 18.2 Å². The first-order valence-electron chi connectivity index (χ1n) is 4.43. The first-order chi connectivity index (χ1) is 7.41. The van der Waals surface area contributed by atoms with E-state index in [2.05, 4.69) is 0 Å². The maximum absolute atomic E-state index is 10.7. The van der Waals surface area contributed by atoms with Gasteiger partial charge in [-0.3, -0.25) is 0 Å². The van der Waals surface area contributed by atoms with Crippen molar-refractivity contribution >= 4 is 40.2 Å². The lowest BCUT2D eigenvalue weighted by molar-refractivity contribution is -0.0110. The molecule has 2 N–H and O–H groups in total. The summed E-state index contributed by atoms with van der Waals surface area (Å²) in [7, 11) is 0. The number of aliphatic hydroxyl groups is 1. The Morgan fingerprint density at radius 3 is 2.62 bits per heavy atom. The van der Waals surface area contributed by atoms with Gasteiger partial charge in [-0.05, 0) is 25.1 Å². The summed E-state index contributed by atoms with van der Waals surface area (Å²) < 4.78 is 5.07. The molecule has 0 radical (unpaired) electrons. The maximum atomic E-state index is 10.7. The maximum Gasteiger partial charge on any atom is 0.337 e. The number of rotatable bonds is 4. The Kier molecular flexibility index (Phi) is 4.82. The molecule has 0 fully saturated rings. The first-order valence-corrected chi connectivity index (χ1v) is 6.06. The van der Waals surface area contributed by atoms with E-state index in [0.29, 0.717) is 5.75 Å². The minimum atomic E-state index is -1.10. The third-order valence-corrected chi connectivity index (χ3v) is 2.75. The van der Waals surface area contributed by atoms with E-state index in [0.717, 1.165) is 0 Å². The summed E-state index contributed by atoms with van der Waals surface area (Å²) in [6.45, 7) is 1.79. The van der Waals surface area contributed by atoms with Gasteiger partial charge in [0.15, 0.2) is 0 Å². The van der Waals surface area contributed by atoms with Crippen molar-refractivity contribution in [1.29, 1.82) is 0 Å². The highest BCUT2D eigenvalue weighted by molar-refractivity contribution is 14.1. The smallest absolute Gasteiger partial charge is 0.337 e. The van der Waals surface area contributed by atoms with Crippen LogP contribution in [0.1, 0.15) is 17.3 Å². The van der Waals surface area contributed by atoms with Gasteiger partial charge in [0.05, 0.1) is 14.5 Å². The average Bonchev–Trinajstić information content (AvgIpc) is 2.16. The van der Waals surface area contributed by atoms with E-state index in [-0.39, 0.29) is 14.5 Å². The van der Waals surface area contributed by atoms with Crippen LogP contribution in [0.5, 0.6) is 5.75 Å². The highest BCUT2D eigenvalue weighted by Crippen LogP contribution is 2.24. The predicted molar refractivity (Wildman–Crippen MR) is 68.5 cm³/mol. The van der Waals surface area contributed by atoms with Gasteiger partial charge in [0, 0.05) is 0 Å². The Balaban J connectivity index is 2.85. The minimum absolute atomic E-state index is 0.00558. The number of carboxylic acids is 1. The van der Waals surface area contributed by atoms with Gasteiger partial charge in [0.1, 0.15) is 5.75 Å². The van der Waals surface area contributed by atoms with Gasteiger partial charge in [-0.2, -0.15) is 0 Å². The molecule has 0 aliphatic carbocycles. The molecule has 0 aliphatic rings. The average molecular weight is 357 g/mol. The highest BCUT2D eigenvalue weighted by Gasteiger charge is 2.14. The predicted octanol–water partition coefficient (Wildman–Crippen LogP) is 2.56. The van der Waals surface area contributed by atoms with E-state index in [4.69, 9.17) is 21.4 Å². The van der Waals surface area contributed by atoms with Crippen LogP contribution in [0.25, 0.3) is 0 Å². The van der Waals surface area contributed by atoms with Crippen LogP contribution in [0.2, 0.25) is 5.02 Å². The molecule has 1 aromatic carbocycles. The van der Waals surface area contributed by atoms with Crippen LogP contribution >= 0.6 is 34.2 Å². The number of aromatic carboxylic acids is 1. The zero-order valence-electron chi connectivity index (χ0n) is 8.35. The Bertz CT molecular complexity index is 394. The van der Waals surface area contributed by atoms with Crippen LogP contribution in [0, 0.1) is 0 Å². The summed E-state index contributed by atoms with van der Waals surface area (Å²) in [5.74, 6) is -0.759. The van der Waals surface area contributed by atoms with Crippen LogP contribution in [0.4, 0.5) is 0 Å². The summed E-state index contributed by atoms with van der Waals surface area (Å²) in [6, 6.07) is 4.16. The fourth-order valence-corrected chi connectivity index (χ4v) is 1.37. The molecule has 0 amide bonds. The summed E-state index contributed by atoms with van der Waals surface area (Å²) in [5.41, 5.74) is 0.00558. The largest absolute Gasteiger partial charge is 0.478 e. The van der Waals surface area contributed by atoms with Crippen molar-refractivity contribution in [2.75, 3.05) is 0 Å². The van der Waals surface area contributed by atoms with Crippen molar-refractivity contribution in [2.45, 2.75) is 17.1 Å². The molecule has 88 valence electrons. The van der Waals surface area contributed by atoms with Gasteiger partial charge in [-0.25, -0.2) is 4.79 Å². The number of carboxylic acid groups (broad SMARTS) is 1. The molecule has 0 aromatic heterocycles. The van der Waals surface area contributed by atoms with E-state index >= 15 is 0 Å². The summed E-state index contributed by atoms with van der Waals surface area (Å²) in [4.78, 5) is 10.7. The van der Waals surface area contributed by atoms with E-state index in [1.807, 2.05) is 22.6 Å². The normalized spacial score (nSPS) is 14.2. The highest BCUT2D eigenvalue weighted by atomic mass is 127. The standard InChI is InChI=1S/C10H10ClIO4/c1-5(12)10(15)16-6-2-3-7(9(13)14)8(11)4-6/h2-5,10,15H,1H3,(H,13,14). The minimum Gasteiger partial charge on any atom is -0.478 e. The monoisotopic (exact) mass is 356 g/mol. The third-order valence-electron chi connectivity index (χ3n) is 1.82. The number of alkyl halides is 1. The fourth-order valence-electron chi connectivity index (χ4n) is 0.976. The number of benzene rings is 1. The molecule has 4 nitrogen and oxygen atoms in total. The second-order valence-electron chi connectivity index (χ2n) is 3.13. The van der Waals surface area contributed by atoms with E-state index in [1.165, 1.54) is 18.2 Å². The number of carbonyl (C=O) groups is 1. The van der Waals surface area contributed by atoms with Crippen LogP contribution in [-0.2, 0) is 0 Å². The first kappa shape index (κ1) is 13.5. The Morgan fingerprint density at radius 2 is 2.19 bits per heavy atom. The molecular formula is C10H10ClIO4. The second kappa shape index (κ2) is 5.70. The van der Waals surface area contributed by atoms with Gasteiger partial charge in [0.2, 0.25) is 6.29 Å². The SMILES string of the molecule is CC(I)C(O)Oc1ccc(C(=O)O)c(Cl)c1. The van der Waals surface area contributed by atoms with Gasteiger partial charge in [-0.1, -0.05) is 34.2 Å². The summed E-state index contributed by atoms with van der Waals surface area (Å²) >= 11 is 7.76. The van der Waals surface area contributed by atoms with Crippen molar-refractivity contribution in [3.05, 3.63) is 28.8 Å². The lowest BCUT2D eigenvalue weighted by atomic mass is 10.2. The lowest BCUT2D eigenvalue weighted by Crippen LogP contribution is -2.24. The molecule has 0 saturated carbocycles. The molecule has 0 saturated heterocycles. The fraction of sp³-hybridized carbons (Fsp3) is 0.300. The Labute approximate surface area is 111 Å². The molecule has 16 heavy (non-hydrogen) atoms. The molecule has 2 atom stereocenters. The number of halogens is 2. The molecule has 0 aliphatic heterocycles. The van der Waals surface area contributed by atoms with Gasteiger partial charge >= 0.3 is 5.97 Å². The molecule has 6 heteroatoms. The Morgan fingerprint density at radius 1 is 1.56 bits per heavy atom. The molecule has 0 spiro atoms. The zero-order valence-corrected chi connectivity index (χ0v) is 11.3. The van der Waals surface area contributed by atoms with Crippen molar-refractivity contribution in [3.8, 4) is 5.75 Å². The van der Waals surface area contributed by atoms with Gasteiger partial charge < -0.3 is 14.9 Å². The van der Waals surface area contributed by atoms with Crippen LogP contribution in [-0.4, -0.2) is 26.4 Å². The summed E-state index contributed by atoms with van der Waals surface area (Å²) in [6.07, 6.45) is -0.952. The molecule has 1 rings (SSSR count). The van der Waals surface area contributed by atoms with Crippen LogP contribution in [0.3, 0.4) is 0 Å². The number of ether oxygens (including phenoxy) is 1. The quantitative estimate of drug-likeness (QED) is 0.494. The van der Waals surface area contributed by atoms with Crippen molar-refractivity contribution < 1.29 is 19.7 Å². The number of aliphatic hydroxyl groups excluding tert-OH is 1.